The Kier molecular flexibility index (Phi) is 4.38. The van der Waals surface area contributed by atoms with E-state index >= 15 is 0 Å². The van der Waals surface area contributed by atoms with E-state index in [9.17, 15) is 0 Å². The van der Waals surface area contributed by atoms with Crippen molar-refractivity contribution in [1.29, 1.82) is 0 Å². The molecule has 2 N–H and O–H groups in total. The fourth-order valence-electron chi connectivity index (χ4n) is 3.80. The maximum absolute atomic E-state index is 6.52. The van der Waals surface area contributed by atoms with Crippen molar-refractivity contribution >= 4 is 17.3 Å². The standard InChI is InChI=1S/C21H25ClN2O/c1-21(2)13-25-19-6-3-14(11-17(19)21)12-24-20-16-8-10-23-9-7-15(16)4-5-18(20)22/h3-6,11,23-24H,7-10,12-13H2,1-2H3. The predicted octanol–water partition coefficient (Wildman–Crippen LogP) is 4.31. The minimum atomic E-state index is 0.0818. The smallest absolute Gasteiger partial charge is 0.123 e. The van der Waals surface area contributed by atoms with Gasteiger partial charge < -0.3 is 15.4 Å². The second-order valence-corrected chi connectivity index (χ2v) is 8.07. The van der Waals surface area contributed by atoms with Gasteiger partial charge >= 0.3 is 0 Å². The Morgan fingerprint density at radius 3 is 2.88 bits per heavy atom. The van der Waals surface area contributed by atoms with Crippen LogP contribution in [0.4, 0.5) is 5.69 Å². The van der Waals surface area contributed by atoms with Gasteiger partial charge in [-0.3, -0.25) is 0 Å². The van der Waals surface area contributed by atoms with E-state index in [0.29, 0.717) is 0 Å². The minimum absolute atomic E-state index is 0.0818. The van der Waals surface area contributed by atoms with Crippen LogP contribution in [0, 0.1) is 0 Å². The molecule has 0 amide bonds. The van der Waals surface area contributed by atoms with Crippen LogP contribution in [-0.4, -0.2) is 19.7 Å². The molecule has 2 aliphatic heterocycles. The zero-order valence-corrected chi connectivity index (χ0v) is 15.7. The molecular formula is C21H25ClN2O. The lowest BCUT2D eigenvalue weighted by atomic mass is 9.86. The molecule has 2 aromatic carbocycles. The van der Waals surface area contributed by atoms with Gasteiger partial charge in [-0.2, -0.15) is 0 Å². The number of nitrogens with one attached hydrogen (secondary N) is 2. The third-order valence-electron chi connectivity index (χ3n) is 5.31. The maximum Gasteiger partial charge on any atom is 0.123 e. The Bertz CT molecular complexity index is 801. The summed E-state index contributed by atoms with van der Waals surface area (Å²) in [6.45, 7) is 8.03. The Morgan fingerprint density at radius 2 is 2.00 bits per heavy atom. The molecule has 2 heterocycles. The molecule has 0 atom stereocenters. The van der Waals surface area contributed by atoms with Gasteiger partial charge in [0.25, 0.3) is 0 Å². The molecule has 0 aliphatic carbocycles. The van der Waals surface area contributed by atoms with E-state index in [-0.39, 0.29) is 5.41 Å². The van der Waals surface area contributed by atoms with Crippen molar-refractivity contribution in [1.82, 2.24) is 5.32 Å². The van der Waals surface area contributed by atoms with Crippen LogP contribution >= 0.6 is 11.6 Å². The molecule has 4 rings (SSSR count). The van der Waals surface area contributed by atoms with Crippen LogP contribution in [0.2, 0.25) is 5.02 Å². The molecule has 0 radical (unpaired) electrons. The van der Waals surface area contributed by atoms with Crippen LogP contribution < -0.4 is 15.4 Å². The van der Waals surface area contributed by atoms with Crippen LogP contribution in [0.15, 0.2) is 30.3 Å². The molecule has 25 heavy (non-hydrogen) atoms. The zero-order chi connectivity index (χ0) is 17.4. The molecule has 0 saturated carbocycles. The van der Waals surface area contributed by atoms with Gasteiger partial charge in [-0.05, 0) is 60.8 Å². The normalized spacial score (nSPS) is 18.0. The van der Waals surface area contributed by atoms with Crippen molar-refractivity contribution in [3.63, 3.8) is 0 Å². The van der Waals surface area contributed by atoms with Gasteiger partial charge in [0.15, 0.2) is 0 Å². The van der Waals surface area contributed by atoms with Crippen LogP contribution in [-0.2, 0) is 24.8 Å². The molecular weight excluding hydrogens is 332 g/mol. The van der Waals surface area contributed by atoms with Crippen LogP contribution in [0.5, 0.6) is 5.75 Å². The summed E-state index contributed by atoms with van der Waals surface area (Å²) in [6.07, 6.45) is 2.08. The molecule has 132 valence electrons. The van der Waals surface area contributed by atoms with Gasteiger partial charge in [0, 0.05) is 17.5 Å². The van der Waals surface area contributed by atoms with Gasteiger partial charge in [-0.25, -0.2) is 0 Å². The van der Waals surface area contributed by atoms with E-state index in [2.05, 4.69) is 48.7 Å². The first kappa shape index (κ1) is 16.7. The van der Waals surface area contributed by atoms with Gasteiger partial charge in [-0.15, -0.1) is 0 Å². The molecule has 4 heteroatoms. The lowest BCUT2D eigenvalue weighted by molar-refractivity contribution is 0.291. The van der Waals surface area contributed by atoms with Gasteiger partial charge in [0.05, 0.1) is 17.3 Å². The second-order valence-electron chi connectivity index (χ2n) is 7.67. The highest BCUT2D eigenvalue weighted by molar-refractivity contribution is 6.33. The zero-order valence-electron chi connectivity index (χ0n) is 14.9. The summed E-state index contributed by atoms with van der Waals surface area (Å²) in [4.78, 5) is 0. The highest BCUT2D eigenvalue weighted by Crippen LogP contribution is 2.39. The number of halogens is 1. The summed E-state index contributed by atoms with van der Waals surface area (Å²) in [6, 6.07) is 10.7. The molecule has 0 bridgehead atoms. The van der Waals surface area contributed by atoms with Crippen molar-refractivity contribution in [2.24, 2.45) is 0 Å². The molecule has 2 aliphatic rings. The van der Waals surface area contributed by atoms with E-state index in [4.69, 9.17) is 16.3 Å². The number of anilines is 1. The van der Waals surface area contributed by atoms with Gasteiger partial charge in [-0.1, -0.05) is 37.6 Å². The van der Waals surface area contributed by atoms with Crippen molar-refractivity contribution in [3.05, 3.63) is 57.6 Å². The second kappa shape index (κ2) is 6.54. The maximum atomic E-state index is 6.52. The number of hydrogen-bond donors (Lipinski definition) is 2. The topological polar surface area (TPSA) is 33.3 Å². The average molecular weight is 357 g/mol. The monoisotopic (exact) mass is 356 g/mol. The van der Waals surface area contributed by atoms with Crippen molar-refractivity contribution in [2.45, 2.75) is 38.6 Å². The third kappa shape index (κ3) is 3.23. The Balaban J connectivity index is 1.58. The molecule has 0 unspecified atom stereocenters. The first-order chi connectivity index (χ1) is 12.0. The molecule has 0 spiro atoms. The van der Waals surface area contributed by atoms with E-state index in [1.54, 1.807) is 0 Å². The fraction of sp³-hybridized carbons (Fsp3) is 0.429. The molecule has 2 aromatic rings. The van der Waals surface area contributed by atoms with Crippen molar-refractivity contribution < 1.29 is 4.74 Å². The van der Waals surface area contributed by atoms with Gasteiger partial charge in [0.1, 0.15) is 5.75 Å². The number of ether oxygens (including phenoxy) is 1. The average Bonchev–Trinajstić information content (AvgIpc) is 2.76. The van der Waals surface area contributed by atoms with E-state index in [1.165, 1.54) is 22.3 Å². The van der Waals surface area contributed by atoms with Crippen molar-refractivity contribution in [3.8, 4) is 5.75 Å². The molecule has 0 fully saturated rings. The number of fused-ring (bicyclic) bond motifs is 2. The summed E-state index contributed by atoms with van der Waals surface area (Å²) in [7, 11) is 0. The first-order valence-electron chi connectivity index (χ1n) is 9.06. The summed E-state index contributed by atoms with van der Waals surface area (Å²) < 4.78 is 5.79. The Labute approximate surface area is 154 Å². The van der Waals surface area contributed by atoms with Gasteiger partial charge in [0.2, 0.25) is 0 Å². The van der Waals surface area contributed by atoms with Crippen LogP contribution in [0.25, 0.3) is 0 Å². The van der Waals surface area contributed by atoms with Crippen LogP contribution in [0.1, 0.15) is 36.1 Å². The Hall–Kier alpha value is -1.71. The number of hydrogen-bond acceptors (Lipinski definition) is 3. The SMILES string of the molecule is CC1(C)COc2ccc(CNc3c(Cl)ccc4c3CCNCC4)cc21. The summed E-state index contributed by atoms with van der Waals surface area (Å²) in [5.41, 5.74) is 6.51. The Morgan fingerprint density at radius 1 is 1.16 bits per heavy atom. The lowest BCUT2D eigenvalue weighted by Crippen LogP contribution is -2.18. The molecule has 3 nitrogen and oxygen atoms in total. The lowest BCUT2D eigenvalue weighted by Gasteiger charge is -2.18. The fourth-order valence-corrected chi connectivity index (χ4v) is 4.05. The van der Waals surface area contributed by atoms with E-state index < -0.39 is 0 Å². The first-order valence-corrected chi connectivity index (χ1v) is 9.43. The highest BCUT2D eigenvalue weighted by atomic mass is 35.5. The summed E-state index contributed by atoms with van der Waals surface area (Å²) >= 11 is 6.52. The summed E-state index contributed by atoms with van der Waals surface area (Å²) in [5.74, 6) is 1.02. The molecule has 0 saturated heterocycles. The minimum Gasteiger partial charge on any atom is -0.492 e. The third-order valence-corrected chi connectivity index (χ3v) is 5.63. The predicted molar refractivity (Wildman–Crippen MR) is 104 cm³/mol. The van der Waals surface area contributed by atoms with E-state index in [0.717, 1.165) is 55.5 Å². The number of benzene rings is 2. The summed E-state index contributed by atoms with van der Waals surface area (Å²) in [5, 5.41) is 7.88. The van der Waals surface area contributed by atoms with E-state index in [1.807, 2.05) is 6.07 Å². The molecule has 0 aromatic heterocycles. The largest absolute Gasteiger partial charge is 0.492 e. The highest BCUT2D eigenvalue weighted by Gasteiger charge is 2.31. The quantitative estimate of drug-likeness (QED) is 0.859. The number of rotatable bonds is 3. The van der Waals surface area contributed by atoms with Crippen LogP contribution in [0.3, 0.4) is 0 Å². The van der Waals surface area contributed by atoms with Crippen molar-refractivity contribution in [2.75, 3.05) is 25.0 Å².